The molecule has 1 aliphatic carbocycles. The number of aromatic hydroxyl groups is 1. The molecule has 1 heterocycles. The smallest absolute Gasteiger partial charge is 0.255 e. The lowest BCUT2D eigenvalue weighted by Crippen LogP contribution is -2.27. The summed E-state index contributed by atoms with van der Waals surface area (Å²) >= 11 is 0. The summed E-state index contributed by atoms with van der Waals surface area (Å²) in [6, 6.07) is 14.6. The summed E-state index contributed by atoms with van der Waals surface area (Å²) in [5, 5.41) is 32.1. The van der Waals surface area contributed by atoms with E-state index in [2.05, 4.69) is 31.7 Å². The van der Waals surface area contributed by atoms with Crippen LogP contribution < -0.4 is 30.9 Å². The molecule has 0 aromatic heterocycles. The Kier molecular flexibility index (Phi) is 13.1. The first kappa shape index (κ1) is 42.7. The number of ether oxygens (including phenoxy) is 1. The first-order valence-corrected chi connectivity index (χ1v) is 20.4. The summed E-state index contributed by atoms with van der Waals surface area (Å²) in [5.74, 6) is -2.28. The number of nitriles is 1. The van der Waals surface area contributed by atoms with Crippen LogP contribution in [0.1, 0.15) is 63.6 Å². The molecule has 0 saturated carbocycles. The zero-order chi connectivity index (χ0) is 42.4. The summed E-state index contributed by atoms with van der Waals surface area (Å²) in [6.45, 7) is 11.8. The fourth-order valence-corrected chi connectivity index (χ4v) is 7.67. The molecule has 15 nitrogen and oxygen atoms in total. The van der Waals surface area contributed by atoms with Crippen molar-refractivity contribution in [3.63, 3.8) is 0 Å². The average Bonchev–Trinajstić information content (AvgIpc) is 3.40. The van der Waals surface area contributed by atoms with Gasteiger partial charge >= 0.3 is 0 Å². The summed E-state index contributed by atoms with van der Waals surface area (Å²) in [6.07, 6.45) is 4.26. The summed E-state index contributed by atoms with van der Waals surface area (Å²) < 4.78 is 35.3. The number of sulfonamides is 1. The number of unbranched alkanes of at least 4 members (excludes halogenated alkanes) is 1. The molecule has 0 fully saturated rings. The Morgan fingerprint density at radius 2 is 1.76 bits per heavy atom. The number of benzene rings is 3. The van der Waals surface area contributed by atoms with Crippen molar-refractivity contribution in [3.05, 3.63) is 83.0 Å². The van der Waals surface area contributed by atoms with Gasteiger partial charge in [0.25, 0.3) is 15.9 Å². The van der Waals surface area contributed by atoms with Crippen LogP contribution in [0.15, 0.2) is 70.7 Å². The van der Waals surface area contributed by atoms with Crippen molar-refractivity contribution < 1.29 is 37.4 Å². The lowest BCUT2D eigenvalue weighted by Gasteiger charge is -2.24. The maximum Gasteiger partial charge on any atom is 0.255 e. The number of carbonyl (C=O) groups excluding carboxylic acids is 4. The van der Waals surface area contributed by atoms with Crippen molar-refractivity contribution in [1.29, 1.82) is 5.26 Å². The van der Waals surface area contributed by atoms with Gasteiger partial charge in [-0.1, -0.05) is 17.7 Å². The fraction of sp³-hybridized carbons (Fsp3) is 0.333. The van der Waals surface area contributed by atoms with E-state index in [1.54, 1.807) is 26.0 Å². The number of rotatable bonds is 16. The van der Waals surface area contributed by atoms with Crippen molar-refractivity contribution in [2.75, 3.05) is 51.6 Å². The number of aryl methyl sites for hydroxylation is 2. The molecule has 0 unspecified atom stereocenters. The van der Waals surface area contributed by atoms with Crippen molar-refractivity contribution in [2.45, 2.75) is 66.2 Å². The van der Waals surface area contributed by atoms with Crippen LogP contribution in [0.3, 0.4) is 0 Å². The molecule has 2 aliphatic rings. The van der Waals surface area contributed by atoms with Crippen LogP contribution in [0.25, 0.3) is 0 Å². The third-order valence-electron chi connectivity index (χ3n) is 9.65. The number of nitrogens with zero attached hydrogens (tertiary/aromatic N) is 3. The number of ketones is 1. The van der Waals surface area contributed by atoms with Gasteiger partial charge in [-0.3, -0.25) is 19.2 Å². The van der Waals surface area contributed by atoms with E-state index in [9.17, 15) is 32.7 Å². The number of nitrogens with one attached hydrogen (secondary N) is 4. The second-order valence-corrected chi connectivity index (χ2v) is 16.3. The number of amides is 3. The van der Waals surface area contributed by atoms with E-state index in [1.165, 1.54) is 19.1 Å². The minimum atomic E-state index is -4.10. The highest BCUT2D eigenvalue weighted by molar-refractivity contribution is 7.90. The maximum absolute atomic E-state index is 13.7. The van der Waals surface area contributed by atoms with Gasteiger partial charge in [0.2, 0.25) is 17.6 Å². The number of carbonyl (C=O) groups is 4. The van der Waals surface area contributed by atoms with E-state index < -0.39 is 38.7 Å². The van der Waals surface area contributed by atoms with E-state index in [-0.39, 0.29) is 52.0 Å². The number of phenolic OH excluding ortho intramolecular Hbond substituents is 1. The van der Waals surface area contributed by atoms with Gasteiger partial charge in [-0.15, -0.1) is 0 Å². The van der Waals surface area contributed by atoms with Crippen LogP contribution in [-0.4, -0.2) is 68.2 Å². The maximum atomic E-state index is 13.7. The van der Waals surface area contributed by atoms with E-state index in [0.29, 0.717) is 49.7 Å². The normalized spacial score (nSPS) is 14.9. The van der Waals surface area contributed by atoms with E-state index in [0.717, 1.165) is 29.0 Å². The third kappa shape index (κ3) is 9.90. The molecule has 3 aromatic rings. The number of allylic oxidation sites excluding steroid dienone is 2. The molecule has 3 amide bonds. The predicted molar refractivity (Wildman–Crippen MR) is 225 cm³/mol. The van der Waals surface area contributed by atoms with Crippen LogP contribution in [0.2, 0.25) is 0 Å². The Morgan fingerprint density at radius 3 is 2.45 bits per heavy atom. The molecule has 16 heteroatoms. The monoisotopic (exact) mass is 809 g/mol. The summed E-state index contributed by atoms with van der Waals surface area (Å²) in [5.41, 5.74) is 2.48. The van der Waals surface area contributed by atoms with Gasteiger partial charge < -0.3 is 36.0 Å². The molecular formula is C42H47N7O8S. The lowest BCUT2D eigenvalue weighted by atomic mass is 9.84. The van der Waals surface area contributed by atoms with Crippen LogP contribution in [0, 0.1) is 25.2 Å². The zero-order valence-corrected chi connectivity index (χ0v) is 34.1. The van der Waals surface area contributed by atoms with E-state index >= 15 is 0 Å². The Hall–Kier alpha value is -6.47. The Labute approximate surface area is 337 Å². The van der Waals surface area contributed by atoms with Crippen LogP contribution in [0.5, 0.6) is 11.5 Å². The average molecular weight is 810 g/mol. The third-order valence-corrected chi connectivity index (χ3v) is 10.9. The molecule has 0 bridgehead atoms. The quantitative estimate of drug-likeness (QED) is 0.0467. The number of hydrogen-bond acceptors (Lipinski definition) is 11. The molecule has 5 rings (SSSR count). The summed E-state index contributed by atoms with van der Waals surface area (Å²) in [4.78, 5) is 53.8. The van der Waals surface area contributed by atoms with Crippen molar-refractivity contribution in [1.82, 2.24) is 0 Å². The molecule has 0 radical (unpaired) electrons. The molecule has 3 aromatic carbocycles. The molecule has 5 N–H and O–H groups in total. The first-order chi connectivity index (χ1) is 27.4. The van der Waals surface area contributed by atoms with Gasteiger partial charge in [0.15, 0.2) is 0 Å². The van der Waals surface area contributed by atoms with Gasteiger partial charge in [-0.25, -0.2) is 8.42 Å². The Morgan fingerprint density at radius 1 is 1.00 bits per heavy atom. The van der Waals surface area contributed by atoms with Crippen molar-refractivity contribution >= 4 is 73.4 Å². The SMILES string of the molecule is CCN(CCC#N)c1ccc(Nc2cc(NC(=O)C3=CC(=NS(=O)(=O)CCCCOc4ccc(C)cc4C)C(=O)C=C3)c(O)c3c2NC(=O)C3(C)C)c(NC(C)=O)c1. The van der Waals surface area contributed by atoms with Gasteiger partial charge in [0, 0.05) is 36.8 Å². The van der Waals surface area contributed by atoms with Crippen LogP contribution in [-0.2, 0) is 34.6 Å². The molecule has 58 heavy (non-hydrogen) atoms. The molecule has 0 spiro atoms. The molecule has 304 valence electrons. The predicted octanol–water partition coefficient (Wildman–Crippen LogP) is 6.31. The van der Waals surface area contributed by atoms with Gasteiger partial charge in [0.1, 0.15) is 17.2 Å². The Bertz CT molecular complexity index is 2410. The standard InChI is InChI=1S/C42H47N7O8S/c1-7-49(18-10-17-43)29-13-14-30(31(23-29)44-27(4)50)45-33-24-34(39(52)37-38(33)47-41(54)42(37,5)6)46-40(53)28-12-15-35(51)32(22-28)48-58(55,56)20-9-8-19-57-36-16-11-25(2)21-26(36)3/h11-16,21-24,45,52H,7-10,18-20H2,1-6H3,(H,44,50)(H,46,53)(H,47,54). The number of anilines is 6. The van der Waals surface area contributed by atoms with Crippen molar-refractivity contribution in [3.8, 4) is 17.6 Å². The van der Waals surface area contributed by atoms with E-state index in [1.807, 2.05) is 49.9 Å². The topological polar surface area (TPSA) is 219 Å². The molecule has 0 atom stereocenters. The summed E-state index contributed by atoms with van der Waals surface area (Å²) in [7, 11) is -4.10. The highest BCUT2D eigenvalue weighted by Gasteiger charge is 2.43. The second kappa shape index (κ2) is 17.8. The minimum Gasteiger partial charge on any atom is -0.505 e. The number of hydrogen-bond donors (Lipinski definition) is 5. The Balaban J connectivity index is 1.38. The second-order valence-electron chi connectivity index (χ2n) is 14.5. The zero-order valence-electron chi connectivity index (χ0n) is 33.3. The largest absolute Gasteiger partial charge is 0.505 e. The molecule has 1 aliphatic heterocycles. The molecular weight excluding hydrogens is 763 g/mol. The first-order valence-electron chi connectivity index (χ1n) is 18.7. The number of phenols is 1. The number of fused-ring (bicyclic) bond motifs is 1. The van der Waals surface area contributed by atoms with Crippen LogP contribution >= 0.6 is 0 Å². The van der Waals surface area contributed by atoms with E-state index in [4.69, 9.17) is 10.00 Å². The van der Waals surface area contributed by atoms with Crippen LogP contribution in [0.4, 0.5) is 34.1 Å². The van der Waals surface area contributed by atoms with Gasteiger partial charge in [0.05, 0.1) is 58.7 Å². The lowest BCUT2D eigenvalue weighted by molar-refractivity contribution is -0.120. The van der Waals surface area contributed by atoms with Gasteiger partial charge in [-0.05, 0) is 102 Å². The minimum absolute atomic E-state index is 0.0949. The highest BCUT2D eigenvalue weighted by atomic mass is 32.2. The van der Waals surface area contributed by atoms with Crippen molar-refractivity contribution in [2.24, 2.45) is 4.40 Å². The fourth-order valence-electron chi connectivity index (χ4n) is 6.57. The highest BCUT2D eigenvalue weighted by Crippen LogP contribution is 2.51. The molecule has 0 saturated heterocycles. The van der Waals surface area contributed by atoms with Gasteiger partial charge in [-0.2, -0.15) is 9.66 Å².